The molecule has 0 radical (unpaired) electrons. The van der Waals surface area contributed by atoms with E-state index in [1.807, 2.05) is 20.8 Å². The number of hydrogen-bond donors (Lipinski definition) is 2. The Morgan fingerprint density at radius 3 is 2.96 bits per heavy atom. The van der Waals surface area contributed by atoms with Crippen LogP contribution in [0.4, 0.5) is 4.79 Å². The average Bonchev–Trinajstić information content (AvgIpc) is 3.09. The lowest BCUT2D eigenvalue weighted by molar-refractivity contribution is 0.238. The third-order valence-electron chi connectivity index (χ3n) is 4.49. The molecule has 3 heterocycles. The lowest BCUT2D eigenvalue weighted by Crippen LogP contribution is -2.38. The SMILES string of the molecule is Cc1noc(C)c1[C@H](C)NC(=O)NCCc1cn2c(n1)CCCC2. The summed E-state index contributed by atoms with van der Waals surface area (Å²) >= 11 is 0. The molecule has 130 valence electrons. The molecule has 24 heavy (non-hydrogen) atoms. The maximum absolute atomic E-state index is 12.1. The number of aromatic nitrogens is 3. The molecule has 0 unspecified atom stereocenters. The maximum atomic E-state index is 12.1. The Kier molecular flexibility index (Phi) is 4.87. The van der Waals surface area contributed by atoms with Crippen molar-refractivity contribution in [3.8, 4) is 0 Å². The maximum Gasteiger partial charge on any atom is 0.315 e. The first kappa shape index (κ1) is 16.5. The molecule has 7 nitrogen and oxygen atoms in total. The fourth-order valence-corrected chi connectivity index (χ4v) is 3.32. The van der Waals surface area contributed by atoms with Gasteiger partial charge in [-0.05, 0) is 33.6 Å². The van der Waals surface area contributed by atoms with E-state index in [2.05, 4.69) is 31.5 Å². The standard InChI is InChI=1S/C17H25N5O2/c1-11(16-12(2)21-24-13(16)3)19-17(23)18-8-7-14-10-22-9-5-4-6-15(22)20-14/h10-11H,4-9H2,1-3H3,(H2,18,19,23)/t11-/m0/s1. The van der Waals surface area contributed by atoms with E-state index in [0.29, 0.717) is 6.54 Å². The van der Waals surface area contributed by atoms with Gasteiger partial charge < -0.3 is 19.7 Å². The second-order valence-corrected chi connectivity index (χ2v) is 6.41. The molecule has 3 rings (SSSR count). The number of fused-ring (bicyclic) bond motifs is 1. The third-order valence-corrected chi connectivity index (χ3v) is 4.49. The van der Waals surface area contributed by atoms with Crippen LogP contribution in [0, 0.1) is 13.8 Å². The van der Waals surface area contributed by atoms with E-state index in [9.17, 15) is 4.79 Å². The number of carbonyl (C=O) groups is 1. The molecule has 2 aromatic heterocycles. The molecule has 7 heteroatoms. The highest BCUT2D eigenvalue weighted by atomic mass is 16.5. The molecule has 1 aliphatic heterocycles. The fourth-order valence-electron chi connectivity index (χ4n) is 3.32. The lowest BCUT2D eigenvalue weighted by Gasteiger charge is -2.14. The van der Waals surface area contributed by atoms with Crippen LogP contribution < -0.4 is 10.6 Å². The molecule has 2 amide bonds. The third kappa shape index (κ3) is 3.60. The Hall–Kier alpha value is -2.31. The van der Waals surface area contributed by atoms with E-state index in [-0.39, 0.29) is 12.1 Å². The van der Waals surface area contributed by atoms with Crippen LogP contribution in [0.1, 0.15) is 54.3 Å². The first-order valence-electron chi connectivity index (χ1n) is 8.56. The van der Waals surface area contributed by atoms with Crippen LogP contribution in [0.3, 0.4) is 0 Å². The summed E-state index contributed by atoms with van der Waals surface area (Å²) in [5.41, 5.74) is 2.79. The van der Waals surface area contributed by atoms with Gasteiger partial charge in [0.2, 0.25) is 0 Å². The molecule has 1 aliphatic rings. The molecule has 0 saturated carbocycles. The van der Waals surface area contributed by atoms with Crippen LogP contribution >= 0.6 is 0 Å². The highest BCUT2D eigenvalue weighted by molar-refractivity contribution is 5.74. The molecule has 0 aliphatic carbocycles. The van der Waals surface area contributed by atoms with Gasteiger partial charge in [-0.15, -0.1) is 0 Å². The summed E-state index contributed by atoms with van der Waals surface area (Å²) in [6.07, 6.45) is 6.36. The predicted octanol–water partition coefficient (Wildman–Crippen LogP) is 2.43. The molecule has 0 spiro atoms. The quantitative estimate of drug-likeness (QED) is 0.881. The van der Waals surface area contributed by atoms with Gasteiger partial charge in [0.1, 0.15) is 11.6 Å². The van der Waals surface area contributed by atoms with Crippen LogP contribution in [0.5, 0.6) is 0 Å². The van der Waals surface area contributed by atoms with E-state index in [1.54, 1.807) is 0 Å². The van der Waals surface area contributed by atoms with E-state index >= 15 is 0 Å². The van der Waals surface area contributed by atoms with Crippen molar-refractivity contribution in [2.24, 2.45) is 0 Å². The monoisotopic (exact) mass is 331 g/mol. The number of nitrogens with one attached hydrogen (secondary N) is 2. The molecule has 0 aromatic carbocycles. The van der Waals surface area contributed by atoms with Crippen molar-refractivity contribution in [3.63, 3.8) is 0 Å². The molecule has 2 aromatic rings. The predicted molar refractivity (Wildman–Crippen MR) is 89.8 cm³/mol. The van der Waals surface area contributed by atoms with E-state index in [4.69, 9.17) is 4.52 Å². The van der Waals surface area contributed by atoms with Gasteiger partial charge in [0.15, 0.2) is 0 Å². The summed E-state index contributed by atoms with van der Waals surface area (Å²) in [5.74, 6) is 1.91. The Morgan fingerprint density at radius 1 is 1.42 bits per heavy atom. The highest BCUT2D eigenvalue weighted by Crippen LogP contribution is 2.20. The van der Waals surface area contributed by atoms with E-state index < -0.39 is 0 Å². The molecular weight excluding hydrogens is 306 g/mol. The van der Waals surface area contributed by atoms with Gasteiger partial charge >= 0.3 is 6.03 Å². The van der Waals surface area contributed by atoms with Gasteiger partial charge in [0.25, 0.3) is 0 Å². The number of rotatable bonds is 5. The molecule has 1 atom stereocenters. The molecule has 0 bridgehead atoms. The smallest absolute Gasteiger partial charge is 0.315 e. The van der Waals surface area contributed by atoms with Crippen molar-refractivity contribution in [3.05, 3.63) is 34.7 Å². The molecule has 2 N–H and O–H groups in total. The second kappa shape index (κ2) is 7.07. The van der Waals surface area contributed by atoms with Crippen molar-refractivity contribution in [1.82, 2.24) is 25.3 Å². The van der Waals surface area contributed by atoms with Crippen LogP contribution in [-0.2, 0) is 19.4 Å². The summed E-state index contributed by atoms with van der Waals surface area (Å²) < 4.78 is 7.38. The minimum atomic E-state index is -0.188. The van der Waals surface area contributed by atoms with Crippen molar-refractivity contribution in [1.29, 1.82) is 0 Å². The van der Waals surface area contributed by atoms with Gasteiger partial charge in [-0.3, -0.25) is 0 Å². The molecular formula is C17H25N5O2. The van der Waals surface area contributed by atoms with Crippen LogP contribution in [0.25, 0.3) is 0 Å². The molecule has 0 saturated heterocycles. The lowest BCUT2D eigenvalue weighted by atomic mass is 10.1. The van der Waals surface area contributed by atoms with Crippen molar-refractivity contribution in [2.75, 3.05) is 6.54 Å². The Bertz CT molecular complexity index is 676. The molecule has 0 fully saturated rings. The summed E-state index contributed by atoms with van der Waals surface area (Å²) in [6, 6.07) is -0.331. The van der Waals surface area contributed by atoms with Crippen LogP contribution in [-0.4, -0.2) is 27.3 Å². The first-order valence-corrected chi connectivity index (χ1v) is 8.56. The fraction of sp³-hybridized carbons (Fsp3) is 0.588. The second-order valence-electron chi connectivity index (χ2n) is 6.41. The Labute approximate surface area is 141 Å². The topological polar surface area (TPSA) is 85.0 Å². The highest BCUT2D eigenvalue weighted by Gasteiger charge is 2.18. The van der Waals surface area contributed by atoms with Crippen molar-refractivity contribution >= 4 is 6.03 Å². The van der Waals surface area contributed by atoms with Crippen molar-refractivity contribution < 1.29 is 9.32 Å². The van der Waals surface area contributed by atoms with Gasteiger partial charge in [0, 0.05) is 37.7 Å². The number of carbonyl (C=O) groups excluding carboxylic acids is 1. The van der Waals surface area contributed by atoms with Gasteiger partial charge in [0.05, 0.1) is 17.4 Å². The average molecular weight is 331 g/mol. The minimum Gasteiger partial charge on any atom is -0.361 e. The van der Waals surface area contributed by atoms with Crippen LogP contribution in [0.15, 0.2) is 10.7 Å². The zero-order chi connectivity index (χ0) is 17.1. The zero-order valence-electron chi connectivity index (χ0n) is 14.6. The number of imidazole rings is 1. The largest absolute Gasteiger partial charge is 0.361 e. The van der Waals surface area contributed by atoms with Crippen molar-refractivity contribution in [2.45, 2.75) is 59.0 Å². The summed E-state index contributed by atoms with van der Waals surface area (Å²) in [7, 11) is 0. The minimum absolute atomic E-state index is 0.142. The number of nitrogens with zero attached hydrogens (tertiary/aromatic N) is 3. The van der Waals surface area contributed by atoms with Gasteiger partial charge in [-0.2, -0.15) is 0 Å². The number of hydrogen-bond acceptors (Lipinski definition) is 4. The Morgan fingerprint density at radius 2 is 2.25 bits per heavy atom. The van der Waals surface area contributed by atoms with Gasteiger partial charge in [-0.1, -0.05) is 5.16 Å². The first-order chi connectivity index (χ1) is 11.5. The normalized spacial score (nSPS) is 15.0. The summed E-state index contributed by atoms with van der Waals surface area (Å²) in [6.45, 7) is 7.28. The number of amides is 2. The van der Waals surface area contributed by atoms with Gasteiger partial charge in [-0.25, -0.2) is 9.78 Å². The Balaban J connectivity index is 1.46. The van der Waals surface area contributed by atoms with E-state index in [1.165, 1.54) is 18.7 Å². The zero-order valence-corrected chi connectivity index (χ0v) is 14.6. The summed E-state index contributed by atoms with van der Waals surface area (Å²) in [4.78, 5) is 16.7. The number of urea groups is 1. The van der Waals surface area contributed by atoms with E-state index in [0.717, 1.165) is 42.1 Å². The van der Waals surface area contributed by atoms with Crippen LogP contribution in [0.2, 0.25) is 0 Å². The number of aryl methyl sites for hydroxylation is 4. The summed E-state index contributed by atoms with van der Waals surface area (Å²) in [5, 5.41) is 9.74.